The van der Waals surface area contributed by atoms with Crippen molar-refractivity contribution in [3.63, 3.8) is 0 Å². The molecule has 0 saturated carbocycles. The van der Waals surface area contributed by atoms with Crippen molar-refractivity contribution in [2.75, 3.05) is 7.11 Å². The number of rotatable bonds is 5. The molecular formula is C20H15ClN4O3. The lowest BCUT2D eigenvalue weighted by Gasteiger charge is -2.09. The van der Waals surface area contributed by atoms with Gasteiger partial charge in [-0.05, 0) is 42.5 Å². The van der Waals surface area contributed by atoms with Crippen LogP contribution in [0.5, 0.6) is 5.75 Å². The van der Waals surface area contributed by atoms with Crippen molar-refractivity contribution < 1.29 is 9.26 Å². The van der Waals surface area contributed by atoms with Crippen LogP contribution in [0, 0.1) is 0 Å². The molecular weight excluding hydrogens is 380 g/mol. The van der Waals surface area contributed by atoms with Crippen LogP contribution in [0.1, 0.15) is 5.89 Å². The van der Waals surface area contributed by atoms with Crippen LogP contribution in [0.25, 0.3) is 22.6 Å². The summed E-state index contributed by atoms with van der Waals surface area (Å²) in [4.78, 5) is 16.6. The van der Waals surface area contributed by atoms with E-state index in [4.69, 9.17) is 20.9 Å². The van der Waals surface area contributed by atoms with E-state index in [1.54, 1.807) is 37.4 Å². The largest absolute Gasteiger partial charge is 0.496 e. The molecule has 0 atom stereocenters. The number of ether oxygens (including phenoxy) is 1. The van der Waals surface area contributed by atoms with E-state index in [-0.39, 0.29) is 18.0 Å². The first-order valence-corrected chi connectivity index (χ1v) is 8.82. The quantitative estimate of drug-likeness (QED) is 0.513. The number of methoxy groups -OCH3 is 1. The molecule has 0 amide bonds. The second-order valence-electron chi connectivity index (χ2n) is 5.93. The lowest BCUT2D eigenvalue weighted by molar-refractivity contribution is 0.363. The predicted octanol–water partition coefficient (Wildman–Crippen LogP) is 3.67. The third kappa shape index (κ3) is 3.65. The molecule has 28 heavy (non-hydrogen) atoms. The summed E-state index contributed by atoms with van der Waals surface area (Å²) in [5.41, 5.74) is 1.88. The minimum atomic E-state index is -0.273. The number of benzene rings is 2. The van der Waals surface area contributed by atoms with E-state index in [0.29, 0.717) is 22.3 Å². The van der Waals surface area contributed by atoms with Crippen molar-refractivity contribution in [3.8, 4) is 28.4 Å². The topological polar surface area (TPSA) is 83.0 Å². The molecule has 2 aromatic heterocycles. The molecule has 7 nitrogen and oxygen atoms in total. The van der Waals surface area contributed by atoms with Gasteiger partial charge in [0.25, 0.3) is 5.56 Å². The molecule has 0 N–H and O–H groups in total. The van der Waals surface area contributed by atoms with Gasteiger partial charge in [-0.2, -0.15) is 10.1 Å². The Morgan fingerprint density at radius 2 is 1.86 bits per heavy atom. The first kappa shape index (κ1) is 17.9. The molecule has 0 radical (unpaired) electrons. The Bertz CT molecular complexity index is 1170. The number of nitrogens with zero attached hydrogens (tertiary/aromatic N) is 4. The minimum absolute atomic E-state index is 0.0579. The number of aromatic nitrogens is 4. The second kappa shape index (κ2) is 7.66. The van der Waals surface area contributed by atoms with Crippen molar-refractivity contribution >= 4 is 11.6 Å². The number of hydrogen-bond donors (Lipinski definition) is 0. The molecule has 0 fully saturated rings. The SMILES string of the molecule is COc1ccccc1-c1ccc(=O)n(Cc2nc(-c3ccc(Cl)cc3)no2)n1. The van der Waals surface area contributed by atoms with E-state index < -0.39 is 0 Å². The third-order valence-corrected chi connectivity index (χ3v) is 4.36. The van der Waals surface area contributed by atoms with Crippen LogP contribution in [-0.2, 0) is 6.54 Å². The minimum Gasteiger partial charge on any atom is -0.496 e. The summed E-state index contributed by atoms with van der Waals surface area (Å²) in [6, 6.07) is 17.7. The van der Waals surface area contributed by atoms with Crippen molar-refractivity contribution in [2.45, 2.75) is 6.54 Å². The molecule has 0 aliphatic carbocycles. The standard InChI is InChI=1S/C20H15ClN4O3/c1-27-17-5-3-2-4-15(17)16-10-11-19(26)25(23-16)12-18-22-20(24-28-18)13-6-8-14(21)9-7-13/h2-11H,12H2,1H3. The molecule has 0 unspecified atom stereocenters. The van der Waals surface area contributed by atoms with Crippen LogP contribution >= 0.6 is 11.6 Å². The zero-order chi connectivity index (χ0) is 19.5. The van der Waals surface area contributed by atoms with Gasteiger partial charge in [-0.3, -0.25) is 4.79 Å². The molecule has 0 bridgehead atoms. The maximum Gasteiger partial charge on any atom is 0.267 e. The summed E-state index contributed by atoms with van der Waals surface area (Å²) in [5, 5.41) is 9.00. The van der Waals surface area contributed by atoms with Gasteiger partial charge in [-0.15, -0.1) is 0 Å². The highest BCUT2D eigenvalue weighted by atomic mass is 35.5. The molecule has 0 aliphatic rings. The normalized spacial score (nSPS) is 10.8. The molecule has 140 valence electrons. The van der Waals surface area contributed by atoms with Gasteiger partial charge in [0, 0.05) is 22.2 Å². The first-order chi connectivity index (χ1) is 13.6. The van der Waals surface area contributed by atoms with Crippen LogP contribution in [0.15, 0.2) is 70.0 Å². The second-order valence-corrected chi connectivity index (χ2v) is 6.37. The summed E-state index contributed by atoms with van der Waals surface area (Å²) >= 11 is 5.90. The Hall–Kier alpha value is -3.45. The maximum absolute atomic E-state index is 12.2. The number of halogens is 1. The highest BCUT2D eigenvalue weighted by Crippen LogP contribution is 2.27. The Kier molecular flexibility index (Phi) is 4.90. The van der Waals surface area contributed by atoms with Crippen LogP contribution in [0.3, 0.4) is 0 Å². The summed E-state index contributed by atoms with van der Waals surface area (Å²) in [6.45, 7) is 0.0579. The summed E-state index contributed by atoms with van der Waals surface area (Å²) in [7, 11) is 1.59. The number of para-hydroxylation sites is 1. The summed E-state index contributed by atoms with van der Waals surface area (Å²) < 4.78 is 11.9. The van der Waals surface area contributed by atoms with Gasteiger partial charge < -0.3 is 9.26 Å². The van der Waals surface area contributed by atoms with Gasteiger partial charge in [-0.25, -0.2) is 4.68 Å². The highest BCUT2D eigenvalue weighted by molar-refractivity contribution is 6.30. The van der Waals surface area contributed by atoms with Gasteiger partial charge in [0.05, 0.1) is 12.8 Å². The van der Waals surface area contributed by atoms with E-state index in [1.165, 1.54) is 10.7 Å². The fourth-order valence-electron chi connectivity index (χ4n) is 2.73. The lowest BCUT2D eigenvalue weighted by atomic mass is 10.1. The fraction of sp³-hybridized carbons (Fsp3) is 0.100. The predicted molar refractivity (Wildman–Crippen MR) is 104 cm³/mol. The van der Waals surface area contributed by atoms with E-state index in [0.717, 1.165) is 11.1 Å². The maximum atomic E-state index is 12.2. The third-order valence-electron chi connectivity index (χ3n) is 4.11. The Labute approximate surface area is 165 Å². The molecule has 8 heteroatoms. The fourth-order valence-corrected chi connectivity index (χ4v) is 2.85. The van der Waals surface area contributed by atoms with E-state index in [1.807, 2.05) is 24.3 Å². The Morgan fingerprint density at radius 3 is 2.64 bits per heavy atom. The average molecular weight is 395 g/mol. The number of hydrogen-bond acceptors (Lipinski definition) is 6. The summed E-state index contributed by atoms with van der Waals surface area (Å²) in [6.07, 6.45) is 0. The van der Waals surface area contributed by atoms with Gasteiger partial charge in [0.15, 0.2) is 0 Å². The van der Waals surface area contributed by atoms with E-state index in [2.05, 4.69) is 15.2 Å². The van der Waals surface area contributed by atoms with E-state index >= 15 is 0 Å². The molecule has 4 rings (SSSR count). The summed E-state index contributed by atoms with van der Waals surface area (Å²) in [5.74, 6) is 1.36. The molecule has 0 spiro atoms. The van der Waals surface area contributed by atoms with Crippen molar-refractivity contribution in [3.05, 3.63) is 81.9 Å². The van der Waals surface area contributed by atoms with Crippen LogP contribution in [0.2, 0.25) is 5.02 Å². The van der Waals surface area contributed by atoms with Gasteiger partial charge in [0.2, 0.25) is 11.7 Å². The molecule has 4 aromatic rings. The highest BCUT2D eigenvalue weighted by Gasteiger charge is 2.13. The first-order valence-electron chi connectivity index (χ1n) is 8.44. The van der Waals surface area contributed by atoms with Gasteiger partial charge in [0.1, 0.15) is 12.3 Å². The lowest BCUT2D eigenvalue weighted by Crippen LogP contribution is -2.23. The van der Waals surface area contributed by atoms with E-state index in [9.17, 15) is 4.79 Å². The molecule has 2 aromatic carbocycles. The molecule has 0 saturated heterocycles. The Balaban J connectivity index is 1.64. The van der Waals surface area contributed by atoms with Crippen LogP contribution in [0.4, 0.5) is 0 Å². The molecule has 2 heterocycles. The van der Waals surface area contributed by atoms with Crippen LogP contribution < -0.4 is 10.3 Å². The van der Waals surface area contributed by atoms with Crippen molar-refractivity contribution in [1.29, 1.82) is 0 Å². The zero-order valence-electron chi connectivity index (χ0n) is 14.9. The average Bonchev–Trinajstić information content (AvgIpc) is 3.19. The zero-order valence-corrected chi connectivity index (χ0v) is 15.6. The Morgan fingerprint density at radius 1 is 1.07 bits per heavy atom. The van der Waals surface area contributed by atoms with Gasteiger partial charge >= 0.3 is 0 Å². The smallest absolute Gasteiger partial charge is 0.267 e. The van der Waals surface area contributed by atoms with Crippen molar-refractivity contribution in [1.82, 2.24) is 19.9 Å². The molecule has 0 aliphatic heterocycles. The van der Waals surface area contributed by atoms with Gasteiger partial charge in [-0.1, -0.05) is 28.9 Å². The van der Waals surface area contributed by atoms with Crippen LogP contribution in [-0.4, -0.2) is 27.0 Å². The van der Waals surface area contributed by atoms with Crippen molar-refractivity contribution in [2.24, 2.45) is 0 Å². The monoisotopic (exact) mass is 394 g/mol.